The fourth-order valence-electron chi connectivity index (χ4n) is 2.60. The van der Waals surface area contributed by atoms with Crippen LogP contribution in [0, 0.1) is 0 Å². The third-order valence-electron chi connectivity index (χ3n) is 4.16. The van der Waals surface area contributed by atoms with Gasteiger partial charge in [-0.05, 0) is 19.8 Å². The highest BCUT2D eigenvalue weighted by Gasteiger charge is 2.13. The third-order valence-corrected chi connectivity index (χ3v) is 4.16. The number of likely N-dealkylation sites (N-methyl/N-ethyl adjacent to an activating group) is 1. The molecular weight excluding hydrogens is 246 g/mol. The fraction of sp³-hybridized carbons (Fsp3) is 1.00. The number of quaternary nitrogens is 1. The van der Waals surface area contributed by atoms with Crippen molar-refractivity contribution in [2.45, 2.75) is 78.1 Å². The first-order valence-corrected chi connectivity index (χ1v) is 9.02. The molecule has 0 amide bonds. The summed E-state index contributed by atoms with van der Waals surface area (Å²) in [4.78, 5) is 0. The van der Waals surface area contributed by atoms with Crippen LogP contribution in [0.25, 0.3) is 0 Å². The van der Waals surface area contributed by atoms with E-state index in [0.29, 0.717) is 0 Å². The van der Waals surface area contributed by atoms with Crippen molar-refractivity contribution in [1.29, 1.82) is 0 Å². The molecular formula is C18H40NO+. The van der Waals surface area contributed by atoms with Gasteiger partial charge in [-0.2, -0.15) is 0 Å². The van der Waals surface area contributed by atoms with E-state index in [1.54, 1.807) is 0 Å². The molecule has 2 heteroatoms. The Labute approximate surface area is 128 Å². The van der Waals surface area contributed by atoms with E-state index >= 15 is 0 Å². The zero-order valence-corrected chi connectivity index (χ0v) is 14.8. The molecule has 0 spiro atoms. The van der Waals surface area contributed by atoms with Gasteiger partial charge in [0.1, 0.15) is 6.54 Å². The molecule has 0 unspecified atom stereocenters. The SMILES string of the molecule is CCCCCCCCCCCC[N+](C)(C)CCOCC. The second kappa shape index (κ2) is 13.9. The molecule has 0 N–H and O–H groups in total. The van der Waals surface area contributed by atoms with Gasteiger partial charge in [-0.15, -0.1) is 0 Å². The quantitative estimate of drug-likeness (QED) is 0.303. The molecule has 0 aromatic heterocycles. The highest BCUT2D eigenvalue weighted by Crippen LogP contribution is 2.11. The molecule has 0 rings (SSSR count). The van der Waals surface area contributed by atoms with Crippen molar-refractivity contribution in [3.8, 4) is 0 Å². The Bertz CT molecular complexity index is 192. The van der Waals surface area contributed by atoms with E-state index in [2.05, 4.69) is 27.9 Å². The number of rotatable bonds is 15. The van der Waals surface area contributed by atoms with Gasteiger partial charge in [0.05, 0.1) is 27.2 Å². The normalized spacial score (nSPS) is 12.0. The van der Waals surface area contributed by atoms with E-state index in [9.17, 15) is 0 Å². The molecule has 20 heavy (non-hydrogen) atoms. The molecule has 0 aromatic rings. The fourth-order valence-corrected chi connectivity index (χ4v) is 2.60. The lowest BCUT2D eigenvalue weighted by Crippen LogP contribution is -2.43. The second-order valence-electron chi connectivity index (χ2n) is 6.76. The topological polar surface area (TPSA) is 9.23 Å². The van der Waals surface area contributed by atoms with E-state index in [-0.39, 0.29) is 0 Å². The molecule has 0 aliphatic heterocycles. The summed E-state index contributed by atoms with van der Waals surface area (Å²) in [6.45, 7) is 8.55. The molecule has 0 saturated heterocycles. The monoisotopic (exact) mass is 286 g/mol. The summed E-state index contributed by atoms with van der Waals surface area (Å²) in [6.07, 6.45) is 14.2. The summed E-state index contributed by atoms with van der Waals surface area (Å²) >= 11 is 0. The van der Waals surface area contributed by atoms with Crippen LogP contribution in [0.2, 0.25) is 0 Å². The van der Waals surface area contributed by atoms with E-state index in [1.165, 1.54) is 70.8 Å². The molecule has 122 valence electrons. The van der Waals surface area contributed by atoms with Crippen LogP contribution in [0.1, 0.15) is 78.1 Å². The molecule has 0 aliphatic rings. The van der Waals surface area contributed by atoms with Crippen LogP contribution in [-0.4, -0.2) is 44.9 Å². The first-order valence-electron chi connectivity index (χ1n) is 9.02. The molecule has 2 nitrogen and oxygen atoms in total. The molecule has 0 aliphatic carbocycles. The van der Waals surface area contributed by atoms with Crippen molar-refractivity contribution in [3.05, 3.63) is 0 Å². The molecule has 0 heterocycles. The van der Waals surface area contributed by atoms with E-state index in [1.807, 2.05) is 0 Å². The number of unbranched alkanes of at least 4 members (excludes halogenated alkanes) is 9. The van der Waals surface area contributed by atoms with Gasteiger partial charge in [0.2, 0.25) is 0 Å². The van der Waals surface area contributed by atoms with E-state index in [4.69, 9.17) is 4.74 Å². The Kier molecular flexibility index (Phi) is 13.8. The minimum absolute atomic E-state index is 0.845. The van der Waals surface area contributed by atoms with Crippen LogP contribution in [0.15, 0.2) is 0 Å². The summed E-state index contributed by atoms with van der Waals surface area (Å²) in [5, 5.41) is 0. The van der Waals surface area contributed by atoms with Gasteiger partial charge in [-0.1, -0.05) is 58.3 Å². The van der Waals surface area contributed by atoms with Crippen LogP contribution >= 0.6 is 0 Å². The Morgan fingerprint density at radius 3 is 1.65 bits per heavy atom. The molecule has 0 saturated carbocycles. The van der Waals surface area contributed by atoms with Crippen molar-refractivity contribution >= 4 is 0 Å². The van der Waals surface area contributed by atoms with Gasteiger partial charge in [0.25, 0.3) is 0 Å². The summed E-state index contributed by atoms with van der Waals surface area (Å²) < 4.78 is 6.56. The largest absolute Gasteiger partial charge is 0.376 e. The predicted molar refractivity (Wildman–Crippen MR) is 90.2 cm³/mol. The molecule has 0 atom stereocenters. The van der Waals surface area contributed by atoms with Crippen molar-refractivity contribution in [3.63, 3.8) is 0 Å². The van der Waals surface area contributed by atoms with Gasteiger partial charge >= 0.3 is 0 Å². The zero-order valence-electron chi connectivity index (χ0n) is 14.8. The highest BCUT2D eigenvalue weighted by atomic mass is 16.5. The molecule has 0 aromatic carbocycles. The molecule has 0 fully saturated rings. The lowest BCUT2D eigenvalue weighted by molar-refractivity contribution is -0.890. The average Bonchev–Trinajstić information content (AvgIpc) is 2.41. The number of hydrogen-bond acceptors (Lipinski definition) is 1. The first-order chi connectivity index (χ1) is 9.62. The van der Waals surface area contributed by atoms with Crippen molar-refractivity contribution < 1.29 is 9.22 Å². The lowest BCUT2D eigenvalue weighted by Gasteiger charge is -2.29. The first kappa shape index (κ1) is 19.9. The number of nitrogens with zero attached hydrogens (tertiary/aromatic N) is 1. The maximum atomic E-state index is 5.45. The van der Waals surface area contributed by atoms with Crippen molar-refractivity contribution in [2.75, 3.05) is 40.4 Å². The summed E-state index contributed by atoms with van der Waals surface area (Å²) in [7, 11) is 4.65. The maximum Gasteiger partial charge on any atom is 0.102 e. The average molecular weight is 287 g/mol. The zero-order chi connectivity index (χ0) is 15.1. The van der Waals surface area contributed by atoms with Gasteiger partial charge in [0, 0.05) is 6.61 Å². The van der Waals surface area contributed by atoms with Gasteiger partial charge in [-0.3, -0.25) is 0 Å². The standard InChI is InChI=1S/C18H40NO/c1-5-7-8-9-10-11-12-13-14-15-16-19(3,4)17-18-20-6-2/h5-18H2,1-4H3/q+1. The molecule has 0 radical (unpaired) electrons. The van der Waals surface area contributed by atoms with Crippen LogP contribution in [0.4, 0.5) is 0 Å². The second-order valence-corrected chi connectivity index (χ2v) is 6.76. The van der Waals surface area contributed by atoms with Crippen LogP contribution < -0.4 is 0 Å². The van der Waals surface area contributed by atoms with Crippen LogP contribution in [0.3, 0.4) is 0 Å². The van der Waals surface area contributed by atoms with Crippen LogP contribution in [0.5, 0.6) is 0 Å². The number of ether oxygens (including phenoxy) is 1. The Morgan fingerprint density at radius 1 is 0.650 bits per heavy atom. The van der Waals surface area contributed by atoms with E-state index in [0.717, 1.165) is 24.2 Å². The lowest BCUT2D eigenvalue weighted by atomic mass is 10.1. The Hall–Kier alpha value is -0.0800. The van der Waals surface area contributed by atoms with E-state index < -0.39 is 0 Å². The minimum Gasteiger partial charge on any atom is -0.376 e. The van der Waals surface area contributed by atoms with Crippen LogP contribution in [-0.2, 0) is 4.74 Å². The summed E-state index contributed by atoms with van der Waals surface area (Å²) in [6, 6.07) is 0. The highest BCUT2D eigenvalue weighted by molar-refractivity contribution is 4.47. The smallest absolute Gasteiger partial charge is 0.102 e. The number of hydrogen-bond donors (Lipinski definition) is 0. The van der Waals surface area contributed by atoms with Crippen molar-refractivity contribution in [1.82, 2.24) is 0 Å². The summed E-state index contributed by atoms with van der Waals surface area (Å²) in [5.41, 5.74) is 0. The molecule has 0 bridgehead atoms. The Morgan fingerprint density at radius 2 is 1.15 bits per heavy atom. The van der Waals surface area contributed by atoms with Gasteiger partial charge in [0.15, 0.2) is 0 Å². The summed E-state index contributed by atoms with van der Waals surface area (Å²) in [5.74, 6) is 0. The van der Waals surface area contributed by atoms with Gasteiger partial charge in [-0.25, -0.2) is 0 Å². The predicted octanol–water partition coefficient (Wildman–Crippen LogP) is 5.02. The Balaban J connectivity index is 3.25. The van der Waals surface area contributed by atoms with Gasteiger partial charge < -0.3 is 9.22 Å². The third kappa shape index (κ3) is 14.3. The maximum absolute atomic E-state index is 5.45. The minimum atomic E-state index is 0.845. The van der Waals surface area contributed by atoms with Crippen molar-refractivity contribution in [2.24, 2.45) is 0 Å².